The van der Waals surface area contributed by atoms with Crippen LogP contribution in [-0.2, 0) is 16.1 Å². The Morgan fingerprint density at radius 2 is 1.96 bits per heavy atom. The normalized spacial score (nSPS) is 19.6. The Kier molecular flexibility index (Phi) is 4.63. The molecule has 27 heavy (non-hydrogen) atoms. The van der Waals surface area contributed by atoms with Gasteiger partial charge in [-0.2, -0.15) is 0 Å². The number of amides is 4. The van der Waals surface area contributed by atoms with Crippen LogP contribution in [0.1, 0.15) is 44.1 Å². The van der Waals surface area contributed by atoms with Gasteiger partial charge in [0.15, 0.2) is 11.5 Å². The Balaban J connectivity index is 1.22. The summed E-state index contributed by atoms with van der Waals surface area (Å²) >= 11 is 0. The van der Waals surface area contributed by atoms with Crippen molar-refractivity contribution >= 4 is 17.8 Å². The van der Waals surface area contributed by atoms with Crippen LogP contribution in [0, 0.1) is 0 Å². The molecule has 2 aliphatic heterocycles. The quantitative estimate of drug-likeness (QED) is 0.740. The van der Waals surface area contributed by atoms with Gasteiger partial charge in [0.05, 0.1) is 0 Å². The highest BCUT2D eigenvalue weighted by Gasteiger charge is 2.51. The number of fused-ring (bicyclic) bond motifs is 1. The lowest BCUT2D eigenvalue weighted by molar-refractivity contribution is -0.131. The van der Waals surface area contributed by atoms with Gasteiger partial charge >= 0.3 is 6.03 Å². The first-order chi connectivity index (χ1) is 13.1. The van der Waals surface area contributed by atoms with Crippen LogP contribution in [0.5, 0.6) is 11.5 Å². The van der Waals surface area contributed by atoms with Crippen LogP contribution >= 0.6 is 0 Å². The van der Waals surface area contributed by atoms with E-state index in [1.54, 1.807) is 0 Å². The molecule has 4 amide bonds. The van der Waals surface area contributed by atoms with E-state index in [1.165, 1.54) is 4.90 Å². The molecule has 1 saturated heterocycles. The summed E-state index contributed by atoms with van der Waals surface area (Å²) in [5.41, 5.74) is 0.239. The zero-order chi connectivity index (χ0) is 18.9. The highest BCUT2D eigenvalue weighted by atomic mass is 16.7. The van der Waals surface area contributed by atoms with Crippen molar-refractivity contribution in [3.05, 3.63) is 23.8 Å². The SMILES string of the molecule is O=C(CCCN1C(=O)NC2(CCCC2)C1=O)NCc1ccc2c(c1)OCO2. The van der Waals surface area contributed by atoms with E-state index in [-0.39, 0.29) is 37.6 Å². The van der Waals surface area contributed by atoms with Gasteiger partial charge < -0.3 is 20.1 Å². The highest BCUT2D eigenvalue weighted by Crippen LogP contribution is 2.35. The van der Waals surface area contributed by atoms with Crippen LogP contribution in [0.15, 0.2) is 18.2 Å². The Hall–Kier alpha value is -2.77. The number of hydrogen-bond donors (Lipinski definition) is 2. The molecule has 4 rings (SSSR count). The van der Waals surface area contributed by atoms with E-state index < -0.39 is 5.54 Å². The number of carbonyl (C=O) groups excluding carboxylic acids is 3. The maximum atomic E-state index is 12.5. The van der Waals surface area contributed by atoms with Crippen molar-refractivity contribution < 1.29 is 23.9 Å². The van der Waals surface area contributed by atoms with Crippen LogP contribution in [0.3, 0.4) is 0 Å². The minimum absolute atomic E-state index is 0.115. The van der Waals surface area contributed by atoms with Crippen LogP contribution in [-0.4, -0.2) is 41.6 Å². The Labute approximate surface area is 157 Å². The van der Waals surface area contributed by atoms with E-state index in [4.69, 9.17) is 9.47 Å². The van der Waals surface area contributed by atoms with Crippen molar-refractivity contribution in [2.24, 2.45) is 0 Å². The zero-order valence-electron chi connectivity index (χ0n) is 15.1. The molecule has 2 heterocycles. The monoisotopic (exact) mass is 373 g/mol. The van der Waals surface area contributed by atoms with Gasteiger partial charge in [0.25, 0.3) is 5.91 Å². The molecular weight excluding hydrogens is 350 g/mol. The summed E-state index contributed by atoms with van der Waals surface area (Å²) in [6.07, 6.45) is 4.05. The van der Waals surface area contributed by atoms with Gasteiger partial charge in [0, 0.05) is 19.5 Å². The fourth-order valence-electron chi connectivity index (χ4n) is 3.93. The molecule has 1 saturated carbocycles. The standard InChI is InChI=1S/C19H23N3O5/c23-16(20-11-13-5-6-14-15(10-13)27-12-26-14)4-3-9-22-17(24)19(21-18(22)25)7-1-2-8-19/h5-6,10H,1-4,7-9,11-12H2,(H,20,23)(H,21,25). The van der Waals surface area contributed by atoms with Crippen LogP contribution in [0.4, 0.5) is 4.79 Å². The van der Waals surface area contributed by atoms with Gasteiger partial charge in [-0.15, -0.1) is 0 Å². The molecule has 0 aromatic heterocycles. The predicted molar refractivity (Wildman–Crippen MR) is 95.1 cm³/mol. The van der Waals surface area contributed by atoms with E-state index in [9.17, 15) is 14.4 Å². The van der Waals surface area contributed by atoms with Crippen molar-refractivity contribution in [1.82, 2.24) is 15.5 Å². The van der Waals surface area contributed by atoms with Crippen LogP contribution in [0.25, 0.3) is 0 Å². The second-order valence-electron chi connectivity index (χ2n) is 7.24. The van der Waals surface area contributed by atoms with Crippen LogP contribution in [0.2, 0.25) is 0 Å². The summed E-state index contributed by atoms with van der Waals surface area (Å²) in [6.45, 7) is 0.876. The second kappa shape index (κ2) is 7.09. The minimum Gasteiger partial charge on any atom is -0.454 e. The smallest absolute Gasteiger partial charge is 0.325 e. The number of urea groups is 1. The molecule has 1 spiro atoms. The molecular formula is C19H23N3O5. The number of hydrogen-bond acceptors (Lipinski definition) is 5. The number of rotatable bonds is 6. The molecule has 0 radical (unpaired) electrons. The largest absolute Gasteiger partial charge is 0.454 e. The van der Waals surface area contributed by atoms with Crippen molar-refractivity contribution in [3.63, 3.8) is 0 Å². The lowest BCUT2D eigenvalue weighted by Crippen LogP contribution is -2.44. The molecule has 0 bridgehead atoms. The van der Waals surface area contributed by atoms with E-state index >= 15 is 0 Å². The van der Waals surface area contributed by atoms with Crippen molar-refractivity contribution in [1.29, 1.82) is 0 Å². The third-order valence-electron chi connectivity index (χ3n) is 5.42. The Morgan fingerprint density at radius 1 is 1.19 bits per heavy atom. The first-order valence-corrected chi connectivity index (χ1v) is 9.37. The summed E-state index contributed by atoms with van der Waals surface area (Å²) in [7, 11) is 0. The molecule has 0 atom stereocenters. The third-order valence-corrected chi connectivity index (χ3v) is 5.42. The average molecular weight is 373 g/mol. The number of carbonyl (C=O) groups is 3. The van der Waals surface area contributed by atoms with Crippen molar-refractivity contribution in [2.75, 3.05) is 13.3 Å². The fraction of sp³-hybridized carbons (Fsp3) is 0.526. The minimum atomic E-state index is -0.682. The first kappa shape index (κ1) is 17.6. The maximum absolute atomic E-state index is 12.5. The van der Waals surface area contributed by atoms with Crippen LogP contribution < -0.4 is 20.1 Å². The number of nitrogens with one attached hydrogen (secondary N) is 2. The van der Waals surface area contributed by atoms with Gasteiger partial charge in [-0.25, -0.2) is 4.79 Å². The number of nitrogens with zero attached hydrogens (tertiary/aromatic N) is 1. The van der Waals surface area contributed by atoms with E-state index in [0.29, 0.717) is 37.3 Å². The van der Waals surface area contributed by atoms with Gasteiger partial charge in [-0.05, 0) is 37.0 Å². The Morgan fingerprint density at radius 3 is 2.78 bits per heavy atom. The van der Waals surface area contributed by atoms with E-state index in [1.807, 2.05) is 18.2 Å². The molecule has 1 aromatic rings. The van der Waals surface area contributed by atoms with E-state index in [2.05, 4.69) is 10.6 Å². The lowest BCUT2D eigenvalue weighted by atomic mass is 9.98. The fourth-order valence-corrected chi connectivity index (χ4v) is 3.93. The summed E-state index contributed by atoms with van der Waals surface area (Å²) in [4.78, 5) is 38.0. The average Bonchev–Trinajstić information content (AvgIpc) is 3.36. The molecule has 2 fully saturated rings. The summed E-state index contributed by atoms with van der Waals surface area (Å²) in [6, 6.07) is 5.21. The van der Waals surface area contributed by atoms with Crippen molar-refractivity contribution in [3.8, 4) is 11.5 Å². The van der Waals surface area contributed by atoms with Gasteiger partial charge in [0.2, 0.25) is 12.7 Å². The number of ether oxygens (including phenoxy) is 2. The third kappa shape index (κ3) is 3.43. The molecule has 2 N–H and O–H groups in total. The molecule has 0 unspecified atom stereocenters. The topological polar surface area (TPSA) is 97.0 Å². The Bertz CT molecular complexity index is 773. The first-order valence-electron chi connectivity index (χ1n) is 9.37. The molecule has 8 heteroatoms. The van der Waals surface area contributed by atoms with Gasteiger partial charge in [-0.1, -0.05) is 18.9 Å². The number of benzene rings is 1. The second-order valence-corrected chi connectivity index (χ2v) is 7.24. The highest BCUT2D eigenvalue weighted by molar-refractivity contribution is 6.07. The summed E-state index contributed by atoms with van der Waals surface area (Å²) in [5, 5.41) is 5.70. The molecule has 8 nitrogen and oxygen atoms in total. The van der Waals surface area contributed by atoms with Crippen molar-refractivity contribution in [2.45, 2.75) is 50.6 Å². The van der Waals surface area contributed by atoms with Gasteiger partial charge in [-0.3, -0.25) is 14.5 Å². The predicted octanol–water partition coefficient (Wildman–Crippen LogP) is 1.68. The molecule has 3 aliphatic rings. The summed E-state index contributed by atoms with van der Waals surface area (Å²) in [5.74, 6) is 1.14. The van der Waals surface area contributed by atoms with E-state index in [0.717, 1.165) is 18.4 Å². The summed E-state index contributed by atoms with van der Waals surface area (Å²) < 4.78 is 10.6. The molecule has 1 aromatic carbocycles. The number of imide groups is 1. The molecule has 1 aliphatic carbocycles. The lowest BCUT2D eigenvalue weighted by Gasteiger charge is -2.19. The molecule has 144 valence electrons. The maximum Gasteiger partial charge on any atom is 0.325 e. The zero-order valence-corrected chi connectivity index (χ0v) is 15.1. The van der Waals surface area contributed by atoms with Gasteiger partial charge in [0.1, 0.15) is 5.54 Å².